The lowest BCUT2D eigenvalue weighted by Gasteiger charge is -2.08. The molecule has 148 valence electrons. The SMILES string of the molecule is O=C(COC(=O)c1ccc(NC(=O)c2ccco2)cc1)Nc1ccc(F)cc1F. The van der Waals surface area contributed by atoms with Gasteiger partial charge in [0.15, 0.2) is 12.4 Å². The third-order valence-electron chi connectivity index (χ3n) is 3.66. The van der Waals surface area contributed by atoms with E-state index in [4.69, 9.17) is 9.15 Å². The summed E-state index contributed by atoms with van der Waals surface area (Å²) >= 11 is 0. The molecule has 0 aliphatic carbocycles. The van der Waals surface area contributed by atoms with Gasteiger partial charge in [0.25, 0.3) is 11.8 Å². The van der Waals surface area contributed by atoms with Crippen LogP contribution in [0.25, 0.3) is 0 Å². The summed E-state index contributed by atoms with van der Waals surface area (Å²) < 4.78 is 36.2. The molecular formula is C20H14F2N2O5. The van der Waals surface area contributed by atoms with Crippen LogP contribution in [0.2, 0.25) is 0 Å². The number of benzene rings is 2. The zero-order chi connectivity index (χ0) is 20.8. The Kier molecular flexibility index (Phi) is 5.98. The normalized spacial score (nSPS) is 10.3. The van der Waals surface area contributed by atoms with Gasteiger partial charge in [-0.25, -0.2) is 13.6 Å². The Hall–Kier alpha value is -4.01. The maximum absolute atomic E-state index is 13.5. The molecule has 29 heavy (non-hydrogen) atoms. The molecule has 1 aromatic heterocycles. The van der Waals surface area contributed by atoms with Crippen molar-refractivity contribution in [1.82, 2.24) is 0 Å². The standard InChI is InChI=1S/C20H14F2N2O5/c21-13-5-8-16(15(22)10-13)24-18(25)11-29-20(27)12-3-6-14(7-4-12)23-19(26)17-2-1-9-28-17/h1-10H,11H2,(H,23,26)(H,24,25). The van der Waals surface area contributed by atoms with Crippen LogP contribution in [0.1, 0.15) is 20.9 Å². The summed E-state index contributed by atoms with van der Waals surface area (Å²) in [5.41, 5.74) is 0.332. The number of hydrogen-bond donors (Lipinski definition) is 2. The van der Waals surface area contributed by atoms with Gasteiger partial charge in [-0.05, 0) is 48.5 Å². The quantitative estimate of drug-likeness (QED) is 0.616. The molecule has 0 spiro atoms. The van der Waals surface area contributed by atoms with Crippen LogP contribution < -0.4 is 10.6 Å². The molecule has 0 radical (unpaired) electrons. The lowest BCUT2D eigenvalue weighted by atomic mass is 10.2. The number of nitrogens with one attached hydrogen (secondary N) is 2. The molecule has 0 saturated carbocycles. The number of rotatable bonds is 6. The van der Waals surface area contributed by atoms with Crippen molar-refractivity contribution < 1.29 is 32.3 Å². The highest BCUT2D eigenvalue weighted by molar-refractivity contribution is 6.02. The number of anilines is 2. The van der Waals surface area contributed by atoms with E-state index in [1.54, 1.807) is 6.07 Å². The maximum Gasteiger partial charge on any atom is 0.338 e. The van der Waals surface area contributed by atoms with E-state index in [0.717, 1.165) is 12.1 Å². The van der Waals surface area contributed by atoms with Gasteiger partial charge in [0.2, 0.25) is 0 Å². The molecule has 2 amide bonds. The van der Waals surface area contributed by atoms with E-state index in [-0.39, 0.29) is 17.0 Å². The van der Waals surface area contributed by atoms with Crippen LogP contribution in [-0.4, -0.2) is 24.4 Å². The summed E-state index contributed by atoms with van der Waals surface area (Å²) in [6.45, 7) is -0.660. The summed E-state index contributed by atoms with van der Waals surface area (Å²) in [4.78, 5) is 35.6. The van der Waals surface area contributed by atoms with E-state index in [9.17, 15) is 23.2 Å². The molecule has 1 heterocycles. The van der Waals surface area contributed by atoms with Gasteiger partial charge >= 0.3 is 5.97 Å². The number of furan rings is 1. The van der Waals surface area contributed by atoms with Crippen LogP contribution in [0.15, 0.2) is 65.3 Å². The molecule has 0 bridgehead atoms. The van der Waals surface area contributed by atoms with Gasteiger partial charge < -0.3 is 19.8 Å². The van der Waals surface area contributed by atoms with Gasteiger partial charge in [-0.1, -0.05) is 0 Å². The second-order valence-electron chi connectivity index (χ2n) is 5.76. The Morgan fingerprint density at radius 2 is 1.72 bits per heavy atom. The third kappa shape index (κ3) is 5.25. The van der Waals surface area contributed by atoms with Crippen molar-refractivity contribution in [2.24, 2.45) is 0 Å². The van der Waals surface area contributed by atoms with Crippen LogP contribution in [0, 0.1) is 11.6 Å². The van der Waals surface area contributed by atoms with Crippen LogP contribution in [0.4, 0.5) is 20.2 Å². The first-order chi connectivity index (χ1) is 13.9. The van der Waals surface area contributed by atoms with Crippen molar-refractivity contribution in [3.05, 3.63) is 83.8 Å². The molecule has 0 saturated heterocycles. The van der Waals surface area contributed by atoms with Crippen molar-refractivity contribution >= 4 is 29.2 Å². The Bertz CT molecular complexity index is 1030. The van der Waals surface area contributed by atoms with Crippen LogP contribution in [0.5, 0.6) is 0 Å². The highest BCUT2D eigenvalue weighted by Crippen LogP contribution is 2.15. The van der Waals surface area contributed by atoms with Crippen molar-refractivity contribution in [3.63, 3.8) is 0 Å². The second kappa shape index (κ2) is 8.79. The van der Waals surface area contributed by atoms with E-state index >= 15 is 0 Å². The highest BCUT2D eigenvalue weighted by Gasteiger charge is 2.13. The smallest absolute Gasteiger partial charge is 0.338 e. The summed E-state index contributed by atoms with van der Waals surface area (Å²) in [5, 5.41) is 4.76. The first-order valence-electron chi connectivity index (χ1n) is 8.29. The first kappa shape index (κ1) is 19.7. The van der Waals surface area contributed by atoms with E-state index in [0.29, 0.717) is 11.8 Å². The Morgan fingerprint density at radius 1 is 0.966 bits per heavy atom. The number of carbonyl (C=O) groups is 3. The van der Waals surface area contributed by atoms with E-state index < -0.39 is 36.0 Å². The zero-order valence-electron chi connectivity index (χ0n) is 14.8. The molecule has 2 N–H and O–H groups in total. The molecule has 0 unspecified atom stereocenters. The minimum absolute atomic E-state index is 0.136. The van der Waals surface area contributed by atoms with Gasteiger partial charge in [-0.2, -0.15) is 0 Å². The van der Waals surface area contributed by atoms with Gasteiger partial charge in [0.05, 0.1) is 17.5 Å². The van der Waals surface area contributed by atoms with Gasteiger partial charge in [0, 0.05) is 11.8 Å². The van der Waals surface area contributed by atoms with E-state index in [1.807, 2.05) is 0 Å². The summed E-state index contributed by atoms with van der Waals surface area (Å²) in [7, 11) is 0. The molecule has 3 aromatic rings. The van der Waals surface area contributed by atoms with Crippen LogP contribution in [0.3, 0.4) is 0 Å². The maximum atomic E-state index is 13.5. The fraction of sp³-hybridized carbons (Fsp3) is 0.0500. The van der Waals surface area contributed by atoms with Crippen LogP contribution >= 0.6 is 0 Å². The van der Waals surface area contributed by atoms with Crippen LogP contribution in [-0.2, 0) is 9.53 Å². The molecule has 9 heteroatoms. The monoisotopic (exact) mass is 400 g/mol. The predicted molar refractivity (Wildman–Crippen MR) is 98.4 cm³/mol. The third-order valence-corrected chi connectivity index (χ3v) is 3.66. The highest BCUT2D eigenvalue weighted by atomic mass is 19.1. The fourth-order valence-corrected chi connectivity index (χ4v) is 2.28. The molecule has 0 aliphatic heterocycles. The second-order valence-corrected chi connectivity index (χ2v) is 5.76. The fourth-order valence-electron chi connectivity index (χ4n) is 2.28. The Labute approximate surface area is 163 Å². The van der Waals surface area contributed by atoms with Gasteiger partial charge in [-0.3, -0.25) is 9.59 Å². The van der Waals surface area contributed by atoms with Gasteiger partial charge in [0.1, 0.15) is 11.6 Å². The number of carbonyl (C=O) groups excluding carboxylic acids is 3. The molecule has 0 atom stereocenters. The van der Waals surface area contributed by atoms with E-state index in [1.165, 1.54) is 36.6 Å². The average molecular weight is 400 g/mol. The Balaban J connectivity index is 1.51. The number of halogens is 2. The first-order valence-corrected chi connectivity index (χ1v) is 8.29. The summed E-state index contributed by atoms with van der Waals surface area (Å²) in [5.74, 6) is -3.62. The van der Waals surface area contributed by atoms with Crippen molar-refractivity contribution in [3.8, 4) is 0 Å². The minimum Gasteiger partial charge on any atom is -0.459 e. The predicted octanol–water partition coefficient (Wildman–Crippen LogP) is 3.61. The Morgan fingerprint density at radius 3 is 2.38 bits per heavy atom. The van der Waals surface area contributed by atoms with Crippen molar-refractivity contribution in [2.45, 2.75) is 0 Å². The largest absolute Gasteiger partial charge is 0.459 e. The zero-order valence-corrected chi connectivity index (χ0v) is 14.8. The lowest BCUT2D eigenvalue weighted by molar-refractivity contribution is -0.119. The minimum atomic E-state index is -0.947. The number of amides is 2. The lowest BCUT2D eigenvalue weighted by Crippen LogP contribution is -2.21. The molecule has 0 aliphatic rings. The molecule has 0 fully saturated rings. The number of ether oxygens (including phenoxy) is 1. The molecule has 3 rings (SSSR count). The van der Waals surface area contributed by atoms with Crippen molar-refractivity contribution in [1.29, 1.82) is 0 Å². The van der Waals surface area contributed by atoms with Gasteiger partial charge in [-0.15, -0.1) is 0 Å². The van der Waals surface area contributed by atoms with E-state index in [2.05, 4.69) is 10.6 Å². The number of esters is 1. The summed E-state index contributed by atoms with van der Waals surface area (Å²) in [6.07, 6.45) is 1.37. The average Bonchev–Trinajstić information content (AvgIpc) is 3.24. The molecular weight excluding hydrogens is 386 g/mol. The molecule has 2 aromatic carbocycles. The van der Waals surface area contributed by atoms with Crippen molar-refractivity contribution in [2.75, 3.05) is 17.2 Å². The number of hydrogen-bond acceptors (Lipinski definition) is 5. The topological polar surface area (TPSA) is 97.6 Å². The summed E-state index contributed by atoms with van der Waals surface area (Å²) in [6, 6.07) is 11.5. The molecule has 7 nitrogen and oxygen atoms in total.